The summed E-state index contributed by atoms with van der Waals surface area (Å²) in [7, 11) is 2.16. The number of likely N-dealkylation sites (tertiary alicyclic amines) is 1. The Bertz CT molecular complexity index is 777. The van der Waals surface area contributed by atoms with Crippen LogP contribution in [0.25, 0.3) is 11.1 Å². The molecule has 1 amide bonds. The highest BCUT2D eigenvalue weighted by atomic mass is 16.1. The van der Waals surface area contributed by atoms with Gasteiger partial charge in [0.2, 0.25) is 0 Å². The Labute approximate surface area is 163 Å². The van der Waals surface area contributed by atoms with Gasteiger partial charge in [0.15, 0.2) is 0 Å². The Balaban J connectivity index is 1.63. The van der Waals surface area contributed by atoms with E-state index >= 15 is 0 Å². The van der Waals surface area contributed by atoms with Crippen LogP contribution in [0.15, 0.2) is 42.7 Å². The maximum atomic E-state index is 12.5. The molecule has 1 atom stereocenters. The minimum atomic E-state index is -0.0451. The Kier molecular flexibility index (Phi) is 5.95. The van der Waals surface area contributed by atoms with Gasteiger partial charge in [-0.25, -0.2) is 0 Å². The highest BCUT2D eigenvalue weighted by Gasteiger charge is 2.20. The van der Waals surface area contributed by atoms with Gasteiger partial charge >= 0.3 is 0 Å². The summed E-state index contributed by atoms with van der Waals surface area (Å²) in [5.74, 6) is -0.0451. The largest absolute Gasteiger partial charge is 0.352 e. The number of nitrogens with one attached hydrogen (secondary N) is 1. The van der Waals surface area contributed by atoms with Crippen molar-refractivity contribution < 1.29 is 4.79 Å². The van der Waals surface area contributed by atoms with Gasteiger partial charge in [-0.2, -0.15) is 0 Å². The molecule has 27 heavy (non-hydrogen) atoms. The Morgan fingerprint density at radius 1 is 1.19 bits per heavy atom. The lowest BCUT2D eigenvalue weighted by molar-refractivity contribution is 0.0950. The molecule has 1 aliphatic heterocycles. The second kappa shape index (κ2) is 8.22. The normalized spacial score (nSPS) is 17.9. The summed E-state index contributed by atoms with van der Waals surface area (Å²) in [6, 6.07) is 11.0. The second-order valence-corrected chi connectivity index (χ2v) is 8.61. The first-order chi connectivity index (χ1) is 12.8. The molecule has 2 heterocycles. The van der Waals surface area contributed by atoms with Crippen LogP contribution in [0.1, 0.15) is 56.0 Å². The van der Waals surface area contributed by atoms with Crippen molar-refractivity contribution in [3.8, 4) is 11.1 Å². The van der Waals surface area contributed by atoms with Crippen molar-refractivity contribution in [1.29, 1.82) is 0 Å². The molecule has 2 aromatic rings. The number of carbonyl (C=O) groups is 1. The number of nitrogens with zero attached hydrogens (tertiary/aromatic N) is 2. The van der Waals surface area contributed by atoms with Gasteiger partial charge in [-0.15, -0.1) is 0 Å². The number of carbonyl (C=O) groups excluding carboxylic acids is 1. The highest BCUT2D eigenvalue weighted by Crippen LogP contribution is 2.26. The van der Waals surface area contributed by atoms with E-state index in [-0.39, 0.29) is 11.3 Å². The smallest absolute Gasteiger partial charge is 0.252 e. The van der Waals surface area contributed by atoms with Gasteiger partial charge in [-0.1, -0.05) is 45.0 Å². The molecule has 0 saturated carbocycles. The van der Waals surface area contributed by atoms with Crippen LogP contribution in [0.5, 0.6) is 0 Å². The standard InChI is InChI=1S/C23H31N3O/c1-23(2,3)20-9-7-17(8-10-20)18-14-19(16-24-15-18)22(27)25-12-11-21-6-5-13-26(21)4/h7-10,14-16,21H,5-6,11-13H2,1-4H3,(H,25,27). The molecule has 4 nitrogen and oxygen atoms in total. The molecule has 1 N–H and O–H groups in total. The predicted molar refractivity (Wildman–Crippen MR) is 111 cm³/mol. The fraction of sp³-hybridized carbons (Fsp3) is 0.478. The molecule has 0 aliphatic carbocycles. The predicted octanol–water partition coefficient (Wildman–Crippen LogP) is 4.26. The molecule has 144 valence electrons. The molecule has 0 spiro atoms. The zero-order chi connectivity index (χ0) is 19.4. The van der Waals surface area contributed by atoms with Crippen LogP contribution >= 0.6 is 0 Å². The molecule has 0 radical (unpaired) electrons. The highest BCUT2D eigenvalue weighted by molar-refractivity contribution is 5.95. The third-order valence-corrected chi connectivity index (χ3v) is 5.52. The molecule has 0 bridgehead atoms. The van der Waals surface area contributed by atoms with Crippen LogP contribution in [-0.2, 0) is 5.41 Å². The molecular weight excluding hydrogens is 334 g/mol. The quantitative estimate of drug-likeness (QED) is 0.861. The van der Waals surface area contributed by atoms with Crippen molar-refractivity contribution >= 4 is 5.91 Å². The summed E-state index contributed by atoms with van der Waals surface area (Å²) >= 11 is 0. The molecular formula is C23H31N3O. The van der Waals surface area contributed by atoms with Gasteiger partial charge in [0.05, 0.1) is 5.56 Å². The lowest BCUT2D eigenvalue weighted by Gasteiger charge is -2.19. The average molecular weight is 366 g/mol. The first-order valence-corrected chi connectivity index (χ1v) is 9.89. The fourth-order valence-electron chi connectivity index (χ4n) is 3.68. The third kappa shape index (κ3) is 4.95. The van der Waals surface area contributed by atoms with Crippen LogP contribution in [0.2, 0.25) is 0 Å². The molecule has 1 unspecified atom stereocenters. The first-order valence-electron chi connectivity index (χ1n) is 9.89. The van der Waals surface area contributed by atoms with Crippen molar-refractivity contribution in [3.63, 3.8) is 0 Å². The number of aromatic nitrogens is 1. The minimum Gasteiger partial charge on any atom is -0.352 e. The van der Waals surface area contributed by atoms with Crippen LogP contribution in [0, 0.1) is 0 Å². The van der Waals surface area contributed by atoms with E-state index in [4.69, 9.17) is 0 Å². The van der Waals surface area contributed by atoms with Gasteiger partial charge in [-0.3, -0.25) is 9.78 Å². The zero-order valence-electron chi connectivity index (χ0n) is 17.0. The van der Waals surface area contributed by atoms with Crippen LogP contribution in [0.4, 0.5) is 0 Å². The monoisotopic (exact) mass is 365 g/mol. The molecule has 4 heteroatoms. The number of hydrogen-bond donors (Lipinski definition) is 1. The average Bonchev–Trinajstić information content (AvgIpc) is 3.06. The SMILES string of the molecule is CN1CCCC1CCNC(=O)c1cncc(-c2ccc(C(C)(C)C)cc2)c1. The van der Waals surface area contributed by atoms with E-state index in [0.717, 1.165) is 17.5 Å². The summed E-state index contributed by atoms with van der Waals surface area (Å²) in [6.45, 7) is 8.49. The van der Waals surface area contributed by atoms with E-state index in [1.807, 2.05) is 12.3 Å². The number of pyridine rings is 1. The van der Waals surface area contributed by atoms with Gasteiger partial charge in [0.1, 0.15) is 0 Å². The van der Waals surface area contributed by atoms with Gasteiger partial charge in [-0.05, 0) is 55.5 Å². The van der Waals surface area contributed by atoms with E-state index in [1.54, 1.807) is 6.20 Å². The van der Waals surface area contributed by atoms with Crippen LogP contribution in [0.3, 0.4) is 0 Å². The minimum absolute atomic E-state index is 0.0451. The summed E-state index contributed by atoms with van der Waals surface area (Å²) in [6.07, 6.45) is 6.95. The molecule has 1 fully saturated rings. The third-order valence-electron chi connectivity index (χ3n) is 5.52. The van der Waals surface area contributed by atoms with Crippen molar-refractivity contribution in [3.05, 3.63) is 53.9 Å². The van der Waals surface area contributed by atoms with Crippen molar-refractivity contribution in [2.24, 2.45) is 0 Å². The lowest BCUT2D eigenvalue weighted by Crippen LogP contribution is -2.31. The maximum Gasteiger partial charge on any atom is 0.252 e. The van der Waals surface area contributed by atoms with E-state index in [9.17, 15) is 4.79 Å². The van der Waals surface area contributed by atoms with Crippen molar-refractivity contribution in [1.82, 2.24) is 15.2 Å². The Morgan fingerprint density at radius 2 is 1.93 bits per heavy atom. The topological polar surface area (TPSA) is 45.2 Å². The number of hydrogen-bond acceptors (Lipinski definition) is 3. The maximum absolute atomic E-state index is 12.5. The molecule has 1 saturated heterocycles. The van der Waals surface area contributed by atoms with Crippen LogP contribution in [-0.4, -0.2) is 42.0 Å². The summed E-state index contributed by atoms with van der Waals surface area (Å²) in [5, 5.41) is 3.05. The van der Waals surface area contributed by atoms with Crippen molar-refractivity contribution in [2.75, 3.05) is 20.1 Å². The van der Waals surface area contributed by atoms with Gasteiger partial charge in [0, 0.05) is 30.5 Å². The first kappa shape index (κ1) is 19.6. The second-order valence-electron chi connectivity index (χ2n) is 8.61. The molecule has 1 aromatic carbocycles. The lowest BCUT2D eigenvalue weighted by atomic mass is 9.86. The van der Waals surface area contributed by atoms with E-state index in [2.05, 4.69) is 67.3 Å². The molecule has 3 rings (SSSR count). The molecule has 1 aliphatic rings. The number of amides is 1. The van der Waals surface area contributed by atoms with Crippen LogP contribution < -0.4 is 5.32 Å². The van der Waals surface area contributed by atoms with Gasteiger partial charge < -0.3 is 10.2 Å². The molecule has 1 aromatic heterocycles. The van der Waals surface area contributed by atoms with E-state index in [0.29, 0.717) is 18.2 Å². The van der Waals surface area contributed by atoms with Crippen molar-refractivity contribution in [2.45, 2.75) is 51.5 Å². The van der Waals surface area contributed by atoms with E-state index in [1.165, 1.54) is 24.9 Å². The number of benzene rings is 1. The summed E-state index contributed by atoms with van der Waals surface area (Å²) in [5.41, 5.74) is 4.10. The zero-order valence-corrected chi connectivity index (χ0v) is 17.0. The Morgan fingerprint density at radius 3 is 2.56 bits per heavy atom. The van der Waals surface area contributed by atoms with Gasteiger partial charge in [0.25, 0.3) is 5.91 Å². The summed E-state index contributed by atoms with van der Waals surface area (Å²) in [4.78, 5) is 19.2. The number of rotatable bonds is 5. The summed E-state index contributed by atoms with van der Waals surface area (Å²) < 4.78 is 0. The van der Waals surface area contributed by atoms with E-state index < -0.39 is 0 Å². The Hall–Kier alpha value is -2.20. The fourth-order valence-corrected chi connectivity index (χ4v) is 3.68.